The maximum atomic E-state index is 9.63. The average Bonchev–Trinajstić information content (AvgIpc) is 1.61. The zero-order chi connectivity index (χ0) is 5.70. The van der Waals surface area contributed by atoms with Crippen molar-refractivity contribution in [2.24, 2.45) is 0 Å². The van der Waals surface area contributed by atoms with Crippen molar-refractivity contribution in [3.8, 4) is 0 Å². The van der Waals surface area contributed by atoms with Gasteiger partial charge in [-0.25, -0.2) is 0 Å². The monoisotopic (exact) mass is 316 g/mol. The van der Waals surface area contributed by atoms with Gasteiger partial charge in [-0.05, 0) is 5.75 Å². The van der Waals surface area contributed by atoms with E-state index in [1.54, 1.807) is 0 Å². The van der Waals surface area contributed by atoms with Crippen LogP contribution in [0.1, 0.15) is 6.92 Å². The van der Waals surface area contributed by atoms with E-state index in [1.807, 2.05) is 6.92 Å². The van der Waals surface area contributed by atoms with E-state index in [4.69, 9.17) is 0 Å². The minimum atomic E-state index is -0.980. The number of thioether (sulfide) groups is 1. The number of carbonyl (C=O) groups excluding carboxylic acids is 1. The summed E-state index contributed by atoms with van der Waals surface area (Å²) >= 11 is 1.35. The molecule has 8 heavy (non-hydrogen) atoms. The molecule has 0 atom stereocenters. The molecule has 0 heterocycles. The number of hydrogen-bond acceptors (Lipinski definition) is 3. The Morgan fingerprint density at radius 1 is 1.75 bits per heavy atom. The smallest absolute Gasteiger partial charge is 0.549 e. The second-order valence-corrected chi connectivity index (χ2v) is 2.28. The van der Waals surface area contributed by atoms with Crippen LogP contribution in [0.25, 0.3) is 0 Å². The van der Waals surface area contributed by atoms with E-state index in [1.165, 1.54) is 11.8 Å². The van der Waals surface area contributed by atoms with Crippen molar-refractivity contribution >= 4 is 17.7 Å². The van der Waals surface area contributed by atoms with Gasteiger partial charge in [0.2, 0.25) is 0 Å². The second-order valence-electron chi connectivity index (χ2n) is 1.01. The number of rotatable bonds is 3. The molecule has 0 fully saturated rings. The average molecular weight is 316 g/mol. The molecule has 0 aromatic rings. The van der Waals surface area contributed by atoms with Crippen LogP contribution in [0.5, 0.6) is 0 Å². The van der Waals surface area contributed by atoms with E-state index < -0.39 is 5.97 Å². The molecular formula is C4H7AuO2S. The fourth-order valence-corrected chi connectivity index (χ4v) is 0.556. The second kappa shape index (κ2) is 7.56. The van der Waals surface area contributed by atoms with E-state index in [9.17, 15) is 9.90 Å². The van der Waals surface area contributed by atoms with E-state index in [-0.39, 0.29) is 28.1 Å². The van der Waals surface area contributed by atoms with Crippen molar-refractivity contribution in [2.75, 3.05) is 11.5 Å². The summed E-state index contributed by atoms with van der Waals surface area (Å²) < 4.78 is 0. The fraction of sp³-hybridized carbons (Fsp3) is 0.750. The Morgan fingerprint density at radius 3 is 2.38 bits per heavy atom. The number of carbonyl (C=O) groups is 1. The van der Waals surface area contributed by atoms with Gasteiger partial charge in [-0.1, -0.05) is 6.92 Å². The van der Waals surface area contributed by atoms with Gasteiger partial charge in [0.15, 0.2) is 0 Å². The summed E-state index contributed by atoms with van der Waals surface area (Å²) in [6.07, 6.45) is 0. The van der Waals surface area contributed by atoms with E-state index >= 15 is 0 Å². The van der Waals surface area contributed by atoms with Crippen molar-refractivity contribution in [1.29, 1.82) is 0 Å². The number of aliphatic carboxylic acids is 1. The summed E-state index contributed by atoms with van der Waals surface area (Å²) in [6, 6.07) is 0. The van der Waals surface area contributed by atoms with Crippen molar-refractivity contribution < 1.29 is 32.3 Å². The molecule has 0 aliphatic rings. The molecule has 2 nitrogen and oxygen atoms in total. The molecule has 0 rings (SSSR count). The van der Waals surface area contributed by atoms with Gasteiger partial charge < -0.3 is 9.90 Å². The van der Waals surface area contributed by atoms with Crippen molar-refractivity contribution in [3.63, 3.8) is 0 Å². The first-order chi connectivity index (χ1) is 3.27. The van der Waals surface area contributed by atoms with Gasteiger partial charge in [0.05, 0.1) is 5.97 Å². The van der Waals surface area contributed by atoms with Crippen LogP contribution in [0, 0.1) is 0 Å². The Hall–Kier alpha value is 0.560. The molecular weight excluding hydrogens is 309 g/mol. The van der Waals surface area contributed by atoms with E-state index in [0.29, 0.717) is 0 Å². The largest absolute Gasteiger partial charge is 1.00 e. The molecule has 4 heteroatoms. The van der Waals surface area contributed by atoms with Gasteiger partial charge in [-0.3, -0.25) is 0 Å². The molecule has 0 amide bonds. The molecule has 0 unspecified atom stereocenters. The molecule has 0 N–H and O–H groups in total. The first-order valence-electron chi connectivity index (χ1n) is 2.05. The minimum absolute atomic E-state index is 0. The quantitative estimate of drug-likeness (QED) is 0.659. The predicted octanol–water partition coefficient (Wildman–Crippen LogP) is -0.513. The van der Waals surface area contributed by atoms with Gasteiger partial charge in [0.1, 0.15) is 0 Å². The molecule has 0 aliphatic heterocycles. The topological polar surface area (TPSA) is 40.1 Å². The molecule has 0 saturated heterocycles. The number of carboxylic acid groups (broad SMARTS) is 1. The molecule has 52 valence electrons. The Labute approximate surface area is 68.5 Å². The molecule has 0 radical (unpaired) electrons. The summed E-state index contributed by atoms with van der Waals surface area (Å²) in [6.45, 7) is 1.91. The van der Waals surface area contributed by atoms with E-state index in [2.05, 4.69) is 0 Å². The van der Waals surface area contributed by atoms with Gasteiger partial charge in [-0.15, -0.1) is 0 Å². The Kier molecular flexibility index (Phi) is 10.7. The zero-order valence-electron chi connectivity index (χ0n) is 4.44. The maximum absolute atomic E-state index is 9.63. The van der Waals surface area contributed by atoms with Crippen LogP contribution in [-0.2, 0) is 27.2 Å². The van der Waals surface area contributed by atoms with Gasteiger partial charge in [0.25, 0.3) is 0 Å². The Bertz CT molecular complexity index is 67.1. The summed E-state index contributed by atoms with van der Waals surface area (Å²) in [5, 5.41) is 9.63. The van der Waals surface area contributed by atoms with Crippen LogP contribution in [0.3, 0.4) is 0 Å². The molecule has 0 spiro atoms. The first-order valence-corrected chi connectivity index (χ1v) is 3.20. The third-order valence-electron chi connectivity index (χ3n) is 0.424. The van der Waals surface area contributed by atoms with Crippen molar-refractivity contribution in [1.82, 2.24) is 0 Å². The maximum Gasteiger partial charge on any atom is 1.00 e. The van der Waals surface area contributed by atoms with Gasteiger partial charge >= 0.3 is 22.4 Å². The normalized spacial score (nSPS) is 7.62. The summed E-state index contributed by atoms with van der Waals surface area (Å²) in [5.41, 5.74) is 0. The standard InChI is InChI=1S/C4H8O2S.Au/c1-2-7-3-4(5)6;/h2-3H2,1H3,(H,5,6);/q;+1/p-1. The van der Waals surface area contributed by atoms with Crippen LogP contribution in [0.2, 0.25) is 0 Å². The minimum Gasteiger partial charge on any atom is -0.549 e. The SMILES string of the molecule is CCSCC(=O)[O-].[Au+]. The van der Waals surface area contributed by atoms with Crippen LogP contribution >= 0.6 is 11.8 Å². The predicted molar refractivity (Wildman–Crippen MR) is 28.0 cm³/mol. The molecule has 0 aromatic heterocycles. The van der Waals surface area contributed by atoms with Crippen molar-refractivity contribution in [3.05, 3.63) is 0 Å². The summed E-state index contributed by atoms with van der Waals surface area (Å²) in [4.78, 5) is 9.63. The summed E-state index contributed by atoms with van der Waals surface area (Å²) in [7, 11) is 0. The van der Waals surface area contributed by atoms with Gasteiger partial charge in [-0.2, -0.15) is 11.8 Å². The third kappa shape index (κ3) is 9.75. The fourth-order valence-electron chi connectivity index (χ4n) is 0.185. The Morgan fingerprint density at radius 2 is 2.25 bits per heavy atom. The van der Waals surface area contributed by atoms with E-state index in [0.717, 1.165) is 5.75 Å². The van der Waals surface area contributed by atoms with Crippen molar-refractivity contribution in [2.45, 2.75) is 6.92 Å². The zero-order valence-corrected chi connectivity index (χ0v) is 7.42. The van der Waals surface area contributed by atoms with Gasteiger partial charge in [0, 0.05) is 5.75 Å². The van der Waals surface area contributed by atoms with Crippen LogP contribution in [-0.4, -0.2) is 17.5 Å². The molecule has 0 bridgehead atoms. The number of hydrogen-bond donors (Lipinski definition) is 0. The summed E-state index contributed by atoms with van der Waals surface area (Å²) in [5.74, 6) is -0.0170. The van der Waals surface area contributed by atoms with Crippen LogP contribution in [0.4, 0.5) is 0 Å². The van der Waals surface area contributed by atoms with Crippen LogP contribution in [0.15, 0.2) is 0 Å². The number of carboxylic acids is 1. The first kappa shape index (κ1) is 11.4. The van der Waals surface area contributed by atoms with Crippen LogP contribution < -0.4 is 5.11 Å². The third-order valence-corrected chi connectivity index (χ3v) is 1.27. The Balaban J connectivity index is 0. The molecule has 0 aromatic carbocycles. The molecule has 0 aliphatic carbocycles. The molecule has 0 saturated carbocycles.